The number of amides is 1. The highest BCUT2D eigenvalue weighted by atomic mass is 16.5. The van der Waals surface area contributed by atoms with E-state index in [1.165, 1.54) is 0 Å². The minimum Gasteiger partial charge on any atom is -0.379 e. The number of hydrogen-bond acceptors (Lipinski definition) is 4. The molecule has 2 saturated heterocycles. The molecule has 0 bridgehead atoms. The van der Waals surface area contributed by atoms with Gasteiger partial charge in [0.05, 0.1) is 18.8 Å². The van der Waals surface area contributed by atoms with E-state index in [4.69, 9.17) is 4.74 Å². The van der Waals surface area contributed by atoms with Crippen molar-refractivity contribution < 1.29 is 9.53 Å². The van der Waals surface area contributed by atoms with Gasteiger partial charge in [-0.05, 0) is 13.8 Å². The average Bonchev–Trinajstić information content (AvgIpc) is 2.32. The zero-order chi connectivity index (χ0) is 12.3. The molecule has 98 valence electrons. The third kappa shape index (κ3) is 2.97. The van der Waals surface area contributed by atoms with Crippen LogP contribution < -0.4 is 5.32 Å². The van der Waals surface area contributed by atoms with Crippen molar-refractivity contribution >= 4 is 5.91 Å². The first kappa shape index (κ1) is 12.8. The van der Waals surface area contributed by atoms with Gasteiger partial charge in [0.1, 0.15) is 0 Å². The Balaban J connectivity index is 1.82. The lowest BCUT2D eigenvalue weighted by molar-refractivity contribution is -0.135. The Kier molecular flexibility index (Phi) is 4.01. The van der Waals surface area contributed by atoms with Gasteiger partial charge in [0.2, 0.25) is 5.91 Å². The molecule has 0 saturated carbocycles. The summed E-state index contributed by atoms with van der Waals surface area (Å²) in [7, 11) is 0. The van der Waals surface area contributed by atoms with Gasteiger partial charge in [0.15, 0.2) is 0 Å². The smallest absolute Gasteiger partial charge is 0.239 e. The maximum atomic E-state index is 11.8. The Morgan fingerprint density at radius 2 is 1.94 bits per heavy atom. The van der Waals surface area contributed by atoms with Gasteiger partial charge in [0.25, 0.3) is 0 Å². The van der Waals surface area contributed by atoms with E-state index in [0.29, 0.717) is 0 Å². The summed E-state index contributed by atoms with van der Waals surface area (Å²) in [6.45, 7) is 11.4. The number of nitrogens with one attached hydrogen (secondary N) is 1. The summed E-state index contributed by atoms with van der Waals surface area (Å²) in [5.41, 5.74) is -0.370. The zero-order valence-electron chi connectivity index (χ0n) is 10.9. The molecule has 17 heavy (non-hydrogen) atoms. The highest BCUT2D eigenvalue weighted by Gasteiger charge is 2.37. The van der Waals surface area contributed by atoms with E-state index >= 15 is 0 Å². The molecule has 2 aliphatic rings. The third-order valence-corrected chi connectivity index (χ3v) is 3.80. The second-order valence-corrected chi connectivity index (χ2v) is 5.26. The molecule has 0 aromatic carbocycles. The lowest BCUT2D eigenvalue weighted by atomic mass is 9.99. The molecular formula is C12H23N3O2. The maximum absolute atomic E-state index is 11.8. The SMILES string of the molecule is CC1(C)C(=O)NCCN1CCN1CCOCC1. The quantitative estimate of drug-likeness (QED) is 0.725. The molecule has 0 aromatic heterocycles. The standard InChI is InChI=1S/C12H23N3O2/c1-12(2)11(16)13-3-4-15(12)6-5-14-7-9-17-10-8-14/h3-10H2,1-2H3,(H,13,16). The number of piperazine rings is 1. The fraction of sp³-hybridized carbons (Fsp3) is 0.917. The van der Waals surface area contributed by atoms with Crippen LogP contribution in [0.2, 0.25) is 0 Å². The minimum absolute atomic E-state index is 0.144. The summed E-state index contributed by atoms with van der Waals surface area (Å²) in [6.07, 6.45) is 0. The van der Waals surface area contributed by atoms with Crippen molar-refractivity contribution in [2.75, 3.05) is 52.5 Å². The summed E-state index contributed by atoms with van der Waals surface area (Å²) in [4.78, 5) is 16.5. The molecule has 0 aromatic rings. The number of morpholine rings is 1. The highest BCUT2D eigenvalue weighted by molar-refractivity contribution is 5.86. The van der Waals surface area contributed by atoms with Crippen LogP contribution in [0, 0.1) is 0 Å². The first-order chi connectivity index (χ1) is 8.10. The molecule has 0 aliphatic carbocycles. The number of ether oxygens (including phenoxy) is 1. The molecule has 5 nitrogen and oxygen atoms in total. The van der Waals surface area contributed by atoms with Crippen molar-refractivity contribution in [2.45, 2.75) is 19.4 Å². The molecule has 0 unspecified atom stereocenters. The number of hydrogen-bond donors (Lipinski definition) is 1. The molecule has 2 aliphatic heterocycles. The summed E-state index contributed by atoms with van der Waals surface area (Å²) in [6, 6.07) is 0. The molecule has 2 fully saturated rings. The molecule has 0 atom stereocenters. The molecular weight excluding hydrogens is 218 g/mol. The van der Waals surface area contributed by atoms with E-state index < -0.39 is 0 Å². The summed E-state index contributed by atoms with van der Waals surface area (Å²) in [5.74, 6) is 0.144. The van der Waals surface area contributed by atoms with Crippen LogP contribution in [-0.2, 0) is 9.53 Å². The normalized spacial score (nSPS) is 26.8. The van der Waals surface area contributed by atoms with Crippen LogP contribution in [0.5, 0.6) is 0 Å². The van der Waals surface area contributed by atoms with Crippen LogP contribution in [-0.4, -0.2) is 73.7 Å². The molecule has 0 radical (unpaired) electrons. The Morgan fingerprint density at radius 1 is 1.24 bits per heavy atom. The van der Waals surface area contributed by atoms with Gasteiger partial charge in [0, 0.05) is 39.3 Å². The van der Waals surface area contributed by atoms with Crippen molar-refractivity contribution in [1.29, 1.82) is 0 Å². The van der Waals surface area contributed by atoms with Gasteiger partial charge in [-0.2, -0.15) is 0 Å². The van der Waals surface area contributed by atoms with Crippen LogP contribution in [0.3, 0.4) is 0 Å². The lowest BCUT2D eigenvalue weighted by Crippen LogP contribution is -2.62. The fourth-order valence-electron chi connectivity index (χ4n) is 2.42. The van der Waals surface area contributed by atoms with Gasteiger partial charge >= 0.3 is 0 Å². The maximum Gasteiger partial charge on any atom is 0.239 e. The van der Waals surface area contributed by atoms with E-state index in [-0.39, 0.29) is 11.4 Å². The van der Waals surface area contributed by atoms with E-state index in [1.54, 1.807) is 0 Å². The summed E-state index contributed by atoms with van der Waals surface area (Å²) < 4.78 is 5.33. The minimum atomic E-state index is -0.370. The highest BCUT2D eigenvalue weighted by Crippen LogP contribution is 2.17. The topological polar surface area (TPSA) is 44.8 Å². The number of carbonyl (C=O) groups excluding carboxylic acids is 1. The van der Waals surface area contributed by atoms with E-state index in [1.807, 2.05) is 13.8 Å². The van der Waals surface area contributed by atoms with Crippen molar-refractivity contribution in [3.63, 3.8) is 0 Å². The van der Waals surface area contributed by atoms with Crippen LogP contribution in [0.25, 0.3) is 0 Å². The van der Waals surface area contributed by atoms with Crippen LogP contribution in [0.1, 0.15) is 13.8 Å². The number of nitrogens with zero attached hydrogens (tertiary/aromatic N) is 2. The first-order valence-corrected chi connectivity index (χ1v) is 6.44. The second-order valence-electron chi connectivity index (χ2n) is 5.26. The average molecular weight is 241 g/mol. The molecule has 5 heteroatoms. The van der Waals surface area contributed by atoms with Crippen molar-refractivity contribution in [3.05, 3.63) is 0 Å². The van der Waals surface area contributed by atoms with Gasteiger partial charge in [-0.25, -0.2) is 0 Å². The fourth-order valence-corrected chi connectivity index (χ4v) is 2.42. The second kappa shape index (κ2) is 5.33. The van der Waals surface area contributed by atoms with Gasteiger partial charge in [-0.3, -0.25) is 14.6 Å². The Hall–Kier alpha value is -0.650. The van der Waals surface area contributed by atoms with Gasteiger partial charge in [-0.15, -0.1) is 0 Å². The number of rotatable bonds is 3. The molecule has 0 spiro atoms. The number of carbonyl (C=O) groups is 1. The third-order valence-electron chi connectivity index (χ3n) is 3.80. The van der Waals surface area contributed by atoms with E-state index in [2.05, 4.69) is 15.1 Å². The van der Waals surface area contributed by atoms with Crippen LogP contribution in [0.15, 0.2) is 0 Å². The molecule has 2 rings (SSSR count). The van der Waals surface area contributed by atoms with Crippen LogP contribution in [0.4, 0.5) is 0 Å². The summed E-state index contributed by atoms with van der Waals surface area (Å²) >= 11 is 0. The largest absolute Gasteiger partial charge is 0.379 e. The Bertz CT molecular complexity index is 275. The zero-order valence-corrected chi connectivity index (χ0v) is 10.9. The Labute approximate surface area is 103 Å². The Morgan fingerprint density at radius 3 is 2.65 bits per heavy atom. The van der Waals surface area contributed by atoms with Gasteiger partial charge < -0.3 is 10.1 Å². The molecule has 1 N–H and O–H groups in total. The van der Waals surface area contributed by atoms with E-state index in [9.17, 15) is 4.79 Å². The van der Waals surface area contributed by atoms with Crippen molar-refractivity contribution in [1.82, 2.24) is 15.1 Å². The molecule has 2 heterocycles. The predicted octanol–water partition coefficient (Wildman–Crippen LogP) is -0.471. The van der Waals surface area contributed by atoms with Crippen molar-refractivity contribution in [3.8, 4) is 0 Å². The predicted molar refractivity (Wildman–Crippen MR) is 65.9 cm³/mol. The first-order valence-electron chi connectivity index (χ1n) is 6.44. The lowest BCUT2D eigenvalue weighted by Gasteiger charge is -2.42. The monoisotopic (exact) mass is 241 g/mol. The van der Waals surface area contributed by atoms with Crippen molar-refractivity contribution in [2.24, 2.45) is 0 Å². The van der Waals surface area contributed by atoms with E-state index in [0.717, 1.165) is 52.5 Å². The van der Waals surface area contributed by atoms with Gasteiger partial charge in [-0.1, -0.05) is 0 Å². The summed E-state index contributed by atoms with van der Waals surface area (Å²) in [5, 5.41) is 2.93. The molecule has 1 amide bonds. The van der Waals surface area contributed by atoms with Crippen LogP contribution >= 0.6 is 0 Å².